The van der Waals surface area contributed by atoms with Gasteiger partial charge < -0.3 is 15.8 Å². The fraction of sp³-hybridized carbons (Fsp3) is 0.200. The van der Waals surface area contributed by atoms with Crippen LogP contribution in [-0.2, 0) is 22.5 Å². The van der Waals surface area contributed by atoms with Gasteiger partial charge in [0.2, 0.25) is 0 Å². The highest BCUT2D eigenvalue weighted by atomic mass is 16.5. The molecule has 4 aromatic rings. The van der Waals surface area contributed by atoms with Crippen LogP contribution in [0.25, 0.3) is 16.9 Å². The number of benzene rings is 2. The van der Waals surface area contributed by atoms with Gasteiger partial charge in [-0.3, -0.25) is 9.59 Å². The Kier molecular flexibility index (Phi) is 6.46. The second-order valence-electron chi connectivity index (χ2n) is 7.62. The number of rotatable bonds is 7. The molecule has 1 amide bonds. The van der Waals surface area contributed by atoms with Gasteiger partial charge in [-0.05, 0) is 54.8 Å². The topological polar surface area (TPSA) is 112 Å². The molecule has 168 valence electrons. The van der Waals surface area contributed by atoms with Crippen molar-refractivity contribution in [3.8, 4) is 11.4 Å². The van der Waals surface area contributed by atoms with Crippen molar-refractivity contribution in [2.24, 2.45) is 5.73 Å². The first-order valence-electron chi connectivity index (χ1n) is 10.7. The lowest BCUT2D eigenvalue weighted by Gasteiger charge is -2.13. The number of carbonyl (C=O) groups excluding carboxylic acids is 2. The van der Waals surface area contributed by atoms with Crippen LogP contribution in [0.3, 0.4) is 0 Å². The van der Waals surface area contributed by atoms with E-state index in [0.29, 0.717) is 35.7 Å². The van der Waals surface area contributed by atoms with Crippen molar-refractivity contribution < 1.29 is 14.3 Å². The molecule has 0 radical (unpaired) electrons. The molecular weight excluding hydrogens is 418 g/mol. The number of aryl methyl sites for hydroxylation is 1. The van der Waals surface area contributed by atoms with E-state index in [4.69, 9.17) is 10.5 Å². The molecular formula is C25H25N5O3. The molecule has 2 aromatic carbocycles. The van der Waals surface area contributed by atoms with E-state index in [2.05, 4.69) is 15.4 Å². The first-order valence-corrected chi connectivity index (χ1v) is 10.7. The van der Waals surface area contributed by atoms with E-state index < -0.39 is 5.91 Å². The van der Waals surface area contributed by atoms with Crippen LogP contribution >= 0.6 is 0 Å². The third-order valence-electron chi connectivity index (χ3n) is 5.18. The van der Waals surface area contributed by atoms with Crippen molar-refractivity contribution in [1.29, 1.82) is 0 Å². The molecule has 0 aliphatic heterocycles. The lowest BCUT2D eigenvalue weighted by Crippen LogP contribution is -2.18. The van der Waals surface area contributed by atoms with Crippen molar-refractivity contribution in [3.63, 3.8) is 0 Å². The molecule has 8 nitrogen and oxygen atoms in total. The minimum absolute atomic E-state index is 0.0607. The van der Waals surface area contributed by atoms with E-state index in [0.717, 1.165) is 16.7 Å². The maximum atomic E-state index is 13.4. The number of fused-ring (bicyclic) bond motifs is 1. The van der Waals surface area contributed by atoms with Gasteiger partial charge in [-0.25, -0.2) is 9.50 Å². The largest absolute Gasteiger partial charge is 0.466 e. The summed E-state index contributed by atoms with van der Waals surface area (Å²) < 4.78 is 6.69. The zero-order valence-corrected chi connectivity index (χ0v) is 18.5. The first kappa shape index (κ1) is 22.2. The average Bonchev–Trinajstić information content (AvgIpc) is 3.29. The Labute approximate surface area is 191 Å². The van der Waals surface area contributed by atoms with E-state index in [9.17, 15) is 9.59 Å². The predicted molar refractivity (Wildman–Crippen MR) is 126 cm³/mol. The van der Waals surface area contributed by atoms with E-state index >= 15 is 0 Å². The number of ether oxygens (including phenoxy) is 1. The van der Waals surface area contributed by atoms with Gasteiger partial charge in [0.05, 0.1) is 18.5 Å². The van der Waals surface area contributed by atoms with Crippen molar-refractivity contribution in [2.75, 3.05) is 11.9 Å². The number of hydrogen-bond acceptors (Lipinski definition) is 6. The summed E-state index contributed by atoms with van der Waals surface area (Å²) in [5.41, 5.74) is 10.4. The number of hydrogen-bond donors (Lipinski definition) is 2. The fourth-order valence-electron chi connectivity index (χ4n) is 3.57. The standard InChI is InChI=1S/C25H25N5O3/c1-3-33-22(31)14-18-10-9-16(2)12-20(18)27-25(32)23-21-8-5-11-30(21)29-24(28-23)19-7-4-6-17(13-19)15-26/h4-13H,3,14-15,26H2,1-2H3,(H,27,32). The maximum Gasteiger partial charge on any atom is 0.310 e. The maximum absolute atomic E-state index is 13.4. The molecule has 4 rings (SSSR count). The second-order valence-corrected chi connectivity index (χ2v) is 7.62. The molecule has 0 spiro atoms. The van der Waals surface area contributed by atoms with E-state index in [1.807, 2.05) is 49.4 Å². The van der Waals surface area contributed by atoms with Crippen LogP contribution in [-0.4, -0.2) is 33.1 Å². The highest BCUT2D eigenvalue weighted by molar-refractivity contribution is 6.08. The van der Waals surface area contributed by atoms with Gasteiger partial charge in [-0.15, -0.1) is 5.10 Å². The summed E-state index contributed by atoms with van der Waals surface area (Å²) in [6, 6.07) is 16.7. The number of nitrogens with two attached hydrogens (primary N) is 1. The molecule has 8 heteroatoms. The smallest absolute Gasteiger partial charge is 0.310 e. The van der Waals surface area contributed by atoms with Crippen LogP contribution in [0, 0.1) is 6.92 Å². The molecule has 2 heterocycles. The van der Waals surface area contributed by atoms with Gasteiger partial charge in [-0.2, -0.15) is 0 Å². The van der Waals surface area contributed by atoms with Crippen LogP contribution in [0.15, 0.2) is 60.8 Å². The molecule has 0 fully saturated rings. The lowest BCUT2D eigenvalue weighted by molar-refractivity contribution is -0.142. The highest BCUT2D eigenvalue weighted by Crippen LogP contribution is 2.23. The van der Waals surface area contributed by atoms with Gasteiger partial charge in [0.15, 0.2) is 11.5 Å². The third kappa shape index (κ3) is 4.91. The molecule has 3 N–H and O–H groups in total. The molecule has 33 heavy (non-hydrogen) atoms. The number of carbonyl (C=O) groups is 2. The Morgan fingerprint density at radius 2 is 1.97 bits per heavy atom. The van der Waals surface area contributed by atoms with Crippen LogP contribution in [0.5, 0.6) is 0 Å². The second kappa shape index (κ2) is 9.62. The number of anilines is 1. The summed E-state index contributed by atoms with van der Waals surface area (Å²) in [5.74, 6) is -0.335. The normalized spacial score (nSPS) is 10.9. The molecule has 0 aliphatic carbocycles. The Morgan fingerprint density at radius 3 is 2.76 bits per heavy atom. The Bertz CT molecular complexity index is 1330. The van der Waals surface area contributed by atoms with Crippen LogP contribution in [0.4, 0.5) is 5.69 Å². The van der Waals surface area contributed by atoms with Gasteiger partial charge in [-0.1, -0.05) is 30.3 Å². The molecule has 0 saturated carbocycles. The number of nitrogens with one attached hydrogen (secondary N) is 1. The third-order valence-corrected chi connectivity index (χ3v) is 5.18. The molecule has 0 bridgehead atoms. The molecule has 0 aliphatic rings. The SMILES string of the molecule is CCOC(=O)Cc1ccc(C)cc1NC(=O)c1nc(-c2cccc(CN)c2)nn2cccc12. The van der Waals surface area contributed by atoms with Crippen molar-refractivity contribution in [2.45, 2.75) is 26.8 Å². The first-order chi connectivity index (χ1) is 16.0. The van der Waals surface area contributed by atoms with Crippen molar-refractivity contribution >= 4 is 23.1 Å². The van der Waals surface area contributed by atoms with Crippen molar-refractivity contribution in [1.82, 2.24) is 14.6 Å². The minimum atomic E-state index is -0.395. The van der Waals surface area contributed by atoms with Gasteiger partial charge in [0, 0.05) is 24.0 Å². The zero-order chi connectivity index (χ0) is 23.4. The lowest BCUT2D eigenvalue weighted by atomic mass is 10.1. The number of aromatic nitrogens is 3. The number of amides is 1. The van der Waals surface area contributed by atoms with Gasteiger partial charge in [0.1, 0.15) is 0 Å². The van der Waals surface area contributed by atoms with Crippen LogP contribution < -0.4 is 11.1 Å². The summed E-state index contributed by atoms with van der Waals surface area (Å²) in [5, 5.41) is 7.47. The van der Waals surface area contributed by atoms with Gasteiger partial charge >= 0.3 is 5.97 Å². The number of nitrogens with zero attached hydrogens (tertiary/aromatic N) is 3. The van der Waals surface area contributed by atoms with Crippen LogP contribution in [0.2, 0.25) is 0 Å². The Morgan fingerprint density at radius 1 is 1.12 bits per heavy atom. The Balaban J connectivity index is 1.71. The van der Waals surface area contributed by atoms with E-state index in [-0.39, 0.29) is 18.1 Å². The van der Waals surface area contributed by atoms with Crippen molar-refractivity contribution in [3.05, 3.63) is 83.2 Å². The zero-order valence-electron chi connectivity index (χ0n) is 18.5. The number of esters is 1. The molecule has 0 saturated heterocycles. The highest BCUT2D eigenvalue weighted by Gasteiger charge is 2.19. The van der Waals surface area contributed by atoms with Crippen LogP contribution in [0.1, 0.15) is 34.1 Å². The van der Waals surface area contributed by atoms with E-state index in [1.165, 1.54) is 0 Å². The molecule has 2 aromatic heterocycles. The summed E-state index contributed by atoms with van der Waals surface area (Å²) in [6.07, 6.45) is 1.83. The summed E-state index contributed by atoms with van der Waals surface area (Å²) >= 11 is 0. The average molecular weight is 444 g/mol. The summed E-state index contributed by atoms with van der Waals surface area (Å²) in [6.45, 7) is 4.37. The predicted octanol–water partition coefficient (Wildman–Crippen LogP) is 3.52. The molecule has 0 unspecified atom stereocenters. The quantitative estimate of drug-likeness (QED) is 0.423. The van der Waals surface area contributed by atoms with Gasteiger partial charge in [0.25, 0.3) is 5.91 Å². The van der Waals surface area contributed by atoms with E-state index in [1.54, 1.807) is 29.8 Å². The summed E-state index contributed by atoms with van der Waals surface area (Å²) in [4.78, 5) is 30.0. The minimum Gasteiger partial charge on any atom is -0.466 e. The Hall–Kier alpha value is -4.04. The monoisotopic (exact) mass is 443 g/mol. The summed E-state index contributed by atoms with van der Waals surface area (Å²) in [7, 11) is 0. The molecule has 0 atom stereocenters. The fourth-order valence-corrected chi connectivity index (χ4v) is 3.57.